The van der Waals surface area contributed by atoms with Crippen LogP contribution in [0.25, 0.3) is 5.57 Å². The highest BCUT2D eigenvalue weighted by Gasteiger charge is 2.31. The molecule has 1 atom stereocenters. The third-order valence-corrected chi connectivity index (χ3v) is 7.70. The van der Waals surface area contributed by atoms with Gasteiger partial charge in [0.2, 0.25) is 0 Å². The number of carbonyl (C=O) groups is 3. The molecule has 0 aromatic heterocycles. The highest BCUT2D eigenvalue weighted by atomic mass is 16.5. The smallest absolute Gasteiger partial charge is 0.408 e. The molecule has 2 amide bonds. The number of ether oxygens (including phenoxy) is 3. The topological polar surface area (TPSA) is 197 Å². The van der Waals surface area contributed by atoms with Crippen molar-refractivity contribution in [2.45, 2.75) is 65.0 Å². The number of alkyl carbamates (subject to hydrolysis) is 1. The minimum Gasteiger partial charge on any atom is -0.492 e. The lowest BCUT2D eigenvalue weighted by atomic mass is 9.86. The van der Waals surface area contributed by atoms with Crippen molar-refractivity contribution in [1.29, 1.82) is 5.41 Å². The average molecular weight is 651 g/mol. The molecule has 0 spiro atoms. The van der Waals surface area contributed by atoms with Crippen molar-refractivity contribution in [3.05, 3.63) is 64.2 Å². The Kier molecular flexibility index (Phi) is 14.1. The molecule has 1 heterocycles. The molecule has 2 aromatic rings. The summed E-state index contributed by atoms with van der Waals surface area (Å²) in [5.74, 6) is -0.634. The third-order valence-electron chi connectivity index (χ3n) is 7.70. The zero-order valence-electron chi connectivity index (χ0n) is 27.5. The van der Waals surface area contributed by atoms with E-state index in [4.69, 9.17) is 25.4 Å². The maximum Gasteiger partial charge on any atom is 0.408 e. The second-order valence-electron chi connectivity index (χ2n) is 10.7. The summed E-state index contributed by atoms with van der Waals surface area (Å²) >= 11 is 0. The number of hydrogen-bond donors (Lipinski definition) is 6. The number of fused-ring (bicyclic) bond motifs is 2. The average Bonchev–Trinajstić information content (AvgIpc) is 3.77. The minimum atomic E-state index is -1.41. The number of carboxylic acid groups (broad SMARTS) is 1. The van der Waals surface area contributed by atoms with E-state index < -0.39 is 24.0 Å². The standard InChI is InChI=1S/C29H33N3O7.C3H7N3.C2H6/c1-37-25-21(14-18-10-6-13-22(30)19-11-7-12-20(19)24(18)26(25)38-2)27(33)31-15-23(28(34)35)32-29(36)39-16-17-8-4-3-5-9-17;4-3-5-1-2-6-3;1-2/h3-5,8-9,14,23,30H,6-7,10-13,15-16H2,1-2H3,(H,31,33)(H,32,36)(H,34,35);1-2H2,(H3,4,5,6);1-2H3. The van der Waals surface area contributed by atoms with E-state index in [9.17, 15) is 19.5 Å². The first-order valence-corrected chi connectivity index (χ1v) is 15.8. The van der Waals surface area contributed by atoms with Crippen LogP contribution in [0.4, 0.5) is 4.79 Å². The number of carbonyl (C=O) groups excluding carboxylic acids is 2. The molecule has 2 aliphatic carbocycles. The molecule has 1 unspecified atom stereocenters. The zero-order valence-corrected chi connectivity index (χ0v) is 27.5. The Morgan fingerprint density at radius 2 is 1.70 bits per heavy atom. The minimum absolute atomic E-state index is 0.0187. The number of aliphatic carboxylic acids is 1. The first kappa shape index (κ1) is 36.4. The van der Waals surface area contributed by atoms with E-state index in [1.807, 2.05) is 19.9 Å². The first-order valence-electron chi connectivity index (χ1n) is 15.8. The number of nitrogens with one attached hydrogen (secondary N) is 4. The molecule has 7 N–H and O–H groups in total. The molecule has 0 saturated carbocycles. The fraction of sp³-hybridized carbons (Fsp3) is 0.441. The van der Waals surface area contributed by atoms with Crippen LogP contribution in [-0.2, 0) is 22.6 Å². The molecule has 5 rings (SSSR count). The molecule has 254 valence electrons. The number of nitrogens with zero attached hydrogens (tertiary/aromatic N) is 1. The summed E-state index contributed by atoms with van der Waals surface area (Å²) in [6.07, 6.45) is 3.79. The van der Waals surface area contributed by atoms with Crippen molar-refractivity contribution < 1.29 is 33.7 Å². The fourth-order valence-electron chi connectivity index (χ4n) is 5.56. The predicted molar refractivity (Wildman–Crippen MR) is 180 cm³/mol. The number of methoxy groups -OCH3 is 2. The van der Waals surface area contributed by atoms with Crippen molar-refractivity contribution in [2.24, 2.45) is 10.7 Å². The number of rotatable bonds is 9. The number of aryl methyl sites for hydroxylation is 1. The normalized spacial score (nSPS) is 15.3. The summed E-state index contributed by atoms with van der Waals surface area (Å²) < 4.78 is 16.5. The molecule has 3 aliphatic rings. The summed E-state index contributed by atoms with van der Waals surface area (Å²) in [5.41, 5.74) is 10.7. The Balaban J connectivity index is 0.000000664. The summed E-state index contributed by atoms with van der Waals surface area (Å²) in [4.78, 5) is 41.1. The molecule has 0 fully saturated rings. The number of guanidine groups is 1. The lowest BCUT2D eigenvalue weighted by Gasteiger charge is -2.24. The Morgan fingerprint density at radius 3 is 2.30 bits per heavy atom. The van der Waals surface area contributed by atoms with Gasteiger partial charge in [0.25, 0.3) is 5.91 Å². The predicted octanol–water partition coefficient (Wildman–Crippen LogP) is 4.04. The molecular weight excluding hydrogens is 604 g/mol. The van der Waals surface area contributed by atoms with Crippen molar-refractivity contribution >= 4 is 35.2 Å². The van der Waals surface area contributed by atoms with Gasteiger partial charge in [-0.25, -0.2) is 9.59 Å². The van der Waals surface area contributed by atoms with Crippen molar-refractivity contribution in [3.63, 3.8) is 0 Å². The molecule has 0 bridgehead atoms. The monoisotopic (exact) mass is 650 g/mol. The molecule has 2 aromatic carbocycles. The van der Waals surface area contributed by atoms with Gasteiger partial charge in [0.15, 0.2) is 17.5 Å². The van der Waals surface area contributed by atoms with Crippen molar-refractivity contribution in [2.75, 3.05) is 33.9 Å². The number of nitrogens with two attached hydrogens (primary N) is 1. The highest BCUT2D eigenvalue weighted by Crippen LogP contribution is 2.47. The summed E-state index contributed by atoms with van der Waals surface area (Å²) in [6.45, 7) is 5.36. The van der Waals surface area contributed by atoms with Crippen LogP contribution >= 0.6 is 0 Å². The summed E-state index contributed by atoms with van der Waals surface area (Å²) in [6, 6.07) is 9.34. The lowest BCUT2D eigenvalue weighted by Crippen LogP contribution is -2.48. The van der Waals surface area contributed by atoms with E-state index in [-0.39, 0.29) is 24.5 Å². The molecular formula is C34H46N6O7. The van der Waals surface area contributed by atoms with Gasteiger partial charge >= 0.3 is 12.1 Å². The van der Waals surface area contributed by atoms with Crippen LogP contribution in [0.1, 0.15) is 73.0 Å². The first-order chi connectivity index (χ1) is 22.7. The van der Waals surface area contributed by atoms with Crippen molar-refractivity contribution in [3.8, 4) is 11.5 Å². The Morgan fingerprint density at radius 1 is 1.02 bits per heavy atom. The van der Waals surface area contributed by atoms with Crippen LogP contribution in [0.2, 0.25) is 0 Å². The van der Waals surface area contributed by atoms with Gasteiger partial charge in [0, 0.05) is 24.4 Å². The van der Waals surface area contributed by atoms with Crippen LogP contribution in [-0.4, -0.2) is 74.6 Å². The summed E-state index contributed by atoms with van der Waals surface area (Å²) in [5, 5.41) is 25.8. The maximum absolute atomic E-state index is 13.3. The van der Waals surface area contributed by atoms with Gasteiger partial charge in [-0.1, -0.05) is 44.2 Å². The number of carboxylic acids is 1. The number of allylic oxidation sites excluding steroid dienone is 2. The largest absolute Gasteiger partial charge is 0.492 e. The van der Waals surface area contributed by atoms with Crippen LogP contribution in [0, 0.1) is 5.41 Å². The maximum atomic E-state index is 13.3. The number of benzene rings is 2. The van der Waals surface area contributed by atoms with Crippen LogP contribution in [0.15, 0.2) is 47.0 Å². The Bertz CT molecular complexity index is 1490. The van der Waals surface area contributed by atoms with E-state index in [0.717, 1.165) is 66.6 Å². The van der Waals surface area contributed by atoms with E-state index in [1.165, 1.54) is 14.2 Å². The quantitative estimate of drug-likeness (QED) is 0.232. The second-order valence-corrected chi connectivity index (χ2v) is 10.7. The number of aliphatic imine (C=N–C) groups is 1. The van der Waals surface area contributed by atoms with Crippen LogP contribution < -0.4 is 31.2 Å². The zero-order chi connectivity index (χ0) is 34.3. The van der Waals surface area contributed by atoms with E-state index >= 15 is 0 Å². The number of amides is 2. The van der Waals surface area contributed by atoms with Gasteiger partial charge in [0.05, 0.1) is 26.3 Å². The second kappa shape index (κ2) is 18.2. The fourth-order valence-corrected chi connectivity index (χ4v) is 5.56. The molecule has 1 aliphatic heterocycles. The van der Waals surface area contributed by atoms with Gasteiger partial charge in [-0.2, -0.15) is 0 Å². The van der Waals surface area contributed by atoms with Gasteiger partial charge in [-0.3, -0.25) is 9.79 Å². The van der Waals surface area contributed by atoms with Crippen LogP contribution in [0.5, 0.6) is 11.5 Å². The summed E-state index contributed by atoms with van der Waals surface area (Å²) in [7, 11) is 2.96. The Hall–Kier alpha value is -5.07. The van der Waals surface area contributed by atoms with Gasteiger partial charge in [-0.05, 0) is 66.9 Å². The Labute approximate surface area is 275 Å². The van der Waals surface area contributed by atoms with Gasteiger partial charge in [0.1, 0.15) is 12.6 Å². The lowest BCUT2D eigenvalue weighted by molar-refractivity contribution is -0.139. The number of hydrogen-bond acceptors (Lipinski definition) is 10. The molecule has 47 heavy (non-hydrogen) atoms. The van der Waals surface area contributed by atoms with E-state index in [0.29, 0.717) is 30.3 Å². The molecule has 0 radical (unpaired) electrons. The van der Waals surface area contributed by atoms with Crippen molar-refractivity contribution in [1.82, 2.24) is 16.0 Å². The third kappa shape index (κ3) is 9.71. The molecule has 13 heteroatoms. The highest BCUT2D eigenvalue weighted by molar-refractivity contribution is 6.07. The molecule has 0 saturated heterocycles. The van der Waals surface area contributed by atoms with E-state index in [2.05, 4.69) is 20.9 Å². The van der Waals surface area contributed by atoms with Gasteiger partial charge < -0.3 is 46.4 Å². The molecule has 13 nitrogen and oxygen atoms in total. The van der Waals surface area contributed by atoms with Crippen LogP contribution in [0.3, 0.4) is 0 Å². The van der Waals surface area contributed by atoms with E-state index in [1.54, 1.807) is 30.3 Å². The van der Waals surface area contributed by atoms with Gasteiger partial charge in [-0.15, -0.1) is 0 Å². The SMILES string of the molecule is CC.COc1c(C(=O)NCC(NC(=O)OCc2ccccc2)C(=O)O)cc2c(c1OC)C1=C(CCC1)C(=N)CCC2.NC1=NCCN1.